The number of hydrogen-bond donors (Lipinski definition) is 0. The Bertz CT molecular complexity index is 1030. The van der Waals surface area contributed by atoms with Crippen LogP contribution >= 0.6 is 31.9 Å². The molecular formula is C20H15Br2FN2. The van der Waals surface area contributed by atoms with E-state index in [1.165, 1.54) is 12.1 Å². The van der Waals surface area contributed by atoms with E-state index in [4.69, 9.17) is 4.99 Å². The van der Waals surface area contributed by atoms with Crippen molar-refractivity contribution in [2.24, 2.45) is 4.99 Å². The van der Waals surface area contributed by atoms with E-state index in [0.717, 1.165) is 27.8 Å². The molecular weight excluding hydrogens is 447 g/mol. The summed E-state index contributed by atoms with van der Waals surface area (Å²) in [6.45, 7) is 4.16. The van der Waals surface area contributed by atoms with Crippen LogP contribution in [0.3, 0.4) is 0 Å². The zero-order chi connectivity index (χ0) is 17.8. The molecule has 5 heteroatoms. The minimum atomic E-state index is -0.444. The Balaban J connectivity index is 1.96. The minimum absolute atomic E-state index is 0.280. The quantitative estimate of drug-likeness (QED) is 0.411. The predicted molar refractivity (Wildman–Crippen MR) is 107 cm³/mol. The van der Waals surface area contributed by atoms with Gasteiger partial charge in [-0.15, -0.1) is 0 Å². The van der Waals surface area contributed by atoms with Gasteiger partial charge in [0.15, 0.2) is 0 Å². The van der Waals surface area contributed by atoms with Crippen LogP contribution in [0.15, 0.2) is 59.7 Å². The highest BCUT2D eigenvalue weighted by Gasteiger charge is 2.47. The molecule has 0 spiro atoms. The van der Waals surface area contributed by atoms with Crippen molar-refractivity contribution in [3.63, 3.8) is 0 Å². The molecule has 25 heavy (non-hydrogen) atoms. The van der Waals surface area contributed by atoms with E-state index in [1.54, 1.807) is 12.3 Å². The first-order chi connectivity index (χ1) is 11.8. The number of pyridine rings is 1. The molecule has 2 aromatic carbocycles. The normalized spacial score (nSPS) is 17.9. The van der Waals surface area contributed by atoms with Crippen molar-refractivity contribution in [3.8, 4) is 0 Å². The van der Waals surface area contributed by atoms with Gasteiger partial charge in [-0.1, -0.05) is 56.1 Å². The minimum Gasteiger partial charge on any atom is -0.275 e. The van der Waals surface area contributed by atoms with Crippen molar-refractivity contribution >= 4 is 48.5 Å². The molecule has 0 aliphatic carbocycles. The zero-order valence-corrected chi connectivity index (χ0v) is 16.9. The molecule has 0 fully saturated rings. The van der Waals surface area contributed by atoms with Gasteiger partial charge >= 0.3 is 0 Å². The summed E-state index contributed by atoms with van der Waals surface area (Å²) in [5, 5.41) is 0.895. The molecule has 0 amide bonds. The SMILES string of the molecule is CC1(C)N=C(c2cnc3cc(F)ccc3c2)c2ccccc2C1(Br)Br. The lowest BCUT2D eigenvalue weighted by Crippen LogP contribution is -2.41. The molecule has 0 bridgehead atoms. The topological polar surface area (TPSA) is 25.2 Å². The van der Waals surface area contributed by atoms with Crippen LogP contribution in [0.5, 0.6) is 0 Å². The van der Waals surface area contributed by atoms with Gasteiger partial charge in [0.25, 0.3) is 0 Å². The van der Waals surface area contributed by atoms with Crippen LogP contribution in [0.2, 0.25) is 0 Å². The molecule has 3 aromatic rings. The molecule has 126 valence electrons. The number of rotatable bonds is 1. The molecule has 0 radical (unpaired) electrons. The lowest BCUT2D eigenvalue weighted by atomic mass is 9.85. The number of benzene rings is 2. The van der Waals surface area contributed by atoms with E-state index in [0.29, 0.717) is 5.52 Å². The van der Waals surface area contributed by atoms with Gasteiger partial charge in [-0.25, -0.2) is 4.39 Å². The average Bonchev–Trinajstić information content (AvgIpc) is 2.58. The molecule has 1 aliphatic heterocycles. The van der Waals surface area contributed by atoms with Gasteiger partial charge in [-0.05, 0) is 37.6 Å². The summed E-state index contributed by atoms with van der Waals surface area (Å²) in [5.74, 6) is -0.280. The standard InChI is InChI=1S/C20H15Br2FN2/c1-19(2)20(21,22)16-6-4-3-5-15(16)18(25-19)13-9-12-7-8-14(23)10-17(12)24-11-13/h3-11H,1-2H3. The van der Waals surface area contributed by atoms with Gasteiger partial charge in [0.1, 0.15) is 9.05 Å². The number of alkyl halides is 2. The fourth-order valence-electron chi connectivity index (χ4n) is 3.15. The van der Waals surface area contributed by atoms with Gasteiger partial charge in [-0.3, -0.25) is 9.98 Å². The van der Waals surface area contributed by atoms with E-state index >= 15 is 0 Å². The first-order valence-corrected chi connectivity index (χ1v) is 9.51. The Kier molecular flexibility index (Phi) is 3.85. The number of halogens is 3. The summed E-state index contributed by atoms with van der Waals surface area (Å²) < 4.78 is 13.0. The van der Waals surface area contributed by atoms with Crippen LogP contribution in [0.4, 0.5) is 4.39 Å². The van der Waals surface area contributed by atoms with Crippen molar-refractivity contribution in [1.29, 1.82) is 0 Å². The number of fused-ring (bicyclic) bond motifs is 2. The Morgan fingerprint density at radius 2 is 1.76 bits per heavy atom. The Morgan fingerprint density at radius 3 is 2.56 bits per heavy atom. The molecule has 0 N–H and O–H groups in total. The number of nitrogens with zero attached hydrogens (tertiary/aromatic N) is 2. The molecule has 2 nitrogen and oxygen atoms in total. The maximum Gasteiger partial charge on any atom is 0.130 e. The van der Waals surface area contributed by atoms with Gasteiger partial charge in [0.2, 0.25) is 0 Å². The second-order valence-corrected chi connectivity index (χ2v) is 10.1. The van der Waals surface area contributed by atoms with E-state index in [-0.39, 0.29) is 5.82 Å². The summed E-state index contributed by atoms with van der Waals surface area (Å²) in [6.07, 6.45) is 1.77. The smallest absolute Gasteiger partial charge is 0.130 e. The maximum atomic E-state index is 13.4. The number of aromatic nitrogens is 1. The van der Waals surface area contributed by atoms with Crippen LogP contribution in [0.25, 0.3) is 10.9 Å². The van der Waals surface area contributed by atoms with Gasteiger partial charge < -0.3 is 0 Å². The highest BCUT2D eigenvalue weighted by atomic mass is 79.9. The summed E-state index contributed by atoms with van der Waals surface area (Å²) in [6, 6.07) is 14.9. The molecule has 2 heterocycles. The van der Waals surface area contributed by atoms with Crippen molar-refractivity contribution < 1.29 is 4.39 Å². The summed E-state index contributed by atoms with van der Waals surface area (Å²) >= 11 is 7.63. The molecule has 0 atom stereocenters. The van der Waals surface area contributed by atoms with Gasteiger partial charge in [0, 0.05) is 28.8 Å². The molecule has 4 rings (SSSR count). The molecule has 1 aliphatic rings. The van der Waals surface area contributed by atoms with Crippen LogP contribution in [-0.4, -0.2) is 16.2 Å². The Hall–Kier alpha value is -1.59. The summed E-state index contributed by atoms with van der Waals surface area (Å²) in [4.78, 5) is 9.44. The zero-order valence-electron chi connectivity index (χ0n) is 13.7. The van der Waals surface area contributed by atoms with E-state index in [9.17, 15) is 4.39 Å². The van der Waals surface area contributed by atoms with Crippen molar-refractivity contribution in [2.75, 3.05) is 0 Å². The molecule has 0 saturated heterocycles. The fourth-order valence-corrected chi connectivity index (χ4v) is 4.02. The predicted octanol–water partition coefficient (Wildman–Crippen LogP) is 5.95. The third-order valence-corrected chi connectivity index (χ3v) is 7.39. The van der Waals surface area contributed by atoms with Crippen molar-refractivity contribution in [2.45, 2.75) is 22.6 Å². The van der Waals surface area contributed by atoms with Gasteiger partial charge in [0.05, 0.1) is 16.8 Å². The van der Waals surface area contributed by atoms with Crippen LogP contribution < -0.4 is 0 Å². The molecule has 0 unspecified atom stereocenters. The lowest BCUT2D eigenvalue weighted by molar-refractivity contribution is 0.485. The highest BCUT2D eigenvalue weighted by Crippen LogP contribution is 2.53. The summed E-state index contributed by atoms with van der Waals surface area (Å²) in [7, 11) is 0. The third kappa shape index (κ3) is 2.64. The maximum absolute atomic E-state index is 13.4. The second kappa shape index (κ2) is 5.71. The monoisotopic (exact) mass is 460 g/mol. The van der Waals surface area contributed by atoms with Crippen LogP contribution in [0.1, 0.15) is 30.5 Å². The lowest BCUT2D eigenvalue weighted by Gasteiger charge is -2.41. The highest BCUT2D eigenvalue weighted by molar-refractivity contribution is 9.24. The van der Waals surface area contributed by atoms with Gasteiger partial charge in [-0.2, -0.15) is 0 Å². The Morgan fingerprint density at radius 1 is 1.00 bits per heavy atom. The van der Waals surface area contributed by atoms with E-state index < -0.39 is 8.77 Å². The second-order valence-electron chi connectivity index (χ2n) is 6.70. The van der Waals surface area contributed by atoms with Crippen LogP contribution in [-0.2, 0) is 3.23 Å². The average molecular weight is 462 g/mol. The Labute approximate surface area is 162 Å². The third-order valence-electron chi connectivity index (χ3n) is 4.60. The fraction of sp³-hybridized carbons (Fsp3) is 0.200. The number of aliphatic imine (C=N–C) groups is 1. The van der Waals surface area contributed by atoms with E-state index in [2.05, 4.69) is 62.8 Å². The van der Waals surface area contributed by atoms with E-state index in [1.807, 2.05) is 18.2 Å². The van der Waals surface area contributed by atoms with Crippen molar-refractivity contribution in [3.05, 3.63) is 77.2 Å². The first kappa shape index (κ1) is 16.9. The molecule has 1 aromatic heterocycles. The van der Waals surface area contributed by atoms with Crippen LogP contribution in [0, 0.1) is 5.82 Å². The summed E-state index contributed by atoms with van der Waals surface area (Å²) in [5.41, 5.74) is 4.24. The number of hydrogen-bond acceptors (Lipinski definition) is 2. The molecule has 0 saturated carbocycles. The van der Waals surface area contributed by atoms with Crippen molar-refractivity contribution in [1.82, 2.24) is 4.98 Å². The largest absolute Gasteiger partial charge is 0.275 e. The first-order valence-electron chi connectivity index (χ1n) is 7.93.